The van der Waals surface area contributed by atoms with Crippen LogP contribution in [0.5, 0.6) is 0 Å². The van der Waals surface area contributed by atoms with E-state index in [0.717, 1.165) is 10.2 Å². The summed E-state index contributed by atoms with van der Waals surface area (Å²) in [6.07, 6.45) is -3.24. The zero-order valence-electron chi connectivity index (χ0n) is 9.57. The molecule has 0 aliphatic heterocycles. The van der Waals surface area contributed by atoms with Gasteiger partial charge in [-0.05, 0) is 19.1 Å². The Morgan fingerprint density at radius 2 is 1.83 bits per heavy atom. The van der Waals surface area contributed by atoms with E-state index in [2.05, 4.69) is 17.7 Å². The fraction of sp³-hybridized carbons (Fsp3) is 0.250. The minimum absolute atomic E-state index is 0.000699. The molecule has 2 rings (SSSR count). The van der Waals surface area contributed by atoms with Crippen molar-refractivity contribution in [3.05, 3.63) is 47.3 Å². The molecule has 6 heteroatoms. The summed E-state index contributed by atoms with van der Waals surface area (Å²) in [5.41, 5.74) is 0.683. The lowest BCUT2D eigenvalue weighted by molar-refractivity contribution is -0.143. The fourth-order valence-corrected chi connectivity index (χ4v) is 1.91. The van der Waals surface area contributed by atoms with E-state index in [1.54, 1.807) is 24.3 Å². The number of thiol groups is 1. The molecule has 1 heterocycles. The third-order valence-electron chi connectivity index (χ3n) is 2.56. The van der Waals surface area contributed by atoms with Crippen molar-refractivity contribution >= 4 is 12.6 Å². The van der Waals surface area contributed by atoms with Crippen LogP contribution in [-0.4, -0.2) is 9.78 Å². The molecule has 0 atom stereocenters. The monoisotopic (exact) mass is 272 g/mol. The summed E-state index contributed by atoms with van der Waals surface area (Å²) >= 11 is 3.90. The van der Waals surface area contributed by atoms with Gasteiger partial charge in [0, 0.05) is 11.3 Å². The molecule has 2 aromatic rings. The molecule has 2 nitrogen and oxygen atoms in total. The van der Waals surface area contributed by atoms with Crippen LogP contribution in [0.2, 0.25) is 0 Å². The van der Waals surface area contributed by atoms with E-state index in [4.69, 9.17) is 0 Å². The molecule has 0 amide bonds. The first-order valence-electron chi connectivity index (χ1n) is 5.25. The second-order valence-corrected chi connectivity index (χ2v) is 4.24. The average Bonchev–Trinajstić information content (AvgIpc) is 2.73. The normalized spacial score (nSPS) is 11.8. The number of nitrogens with zero attached hydrogens (tertiary/aromatic N) is 2. The Hall–Kier alpha value is -1.43. The van der Waals surface area contributed by atoms with Crippen molar-refractivity contribution in [1.82, 2.24) is 9.78 Å². The highest BCUT2D eigenvalue weighted by atomic mass is 32.1. The maximum absolute atomic E-state index is 13.0. The number of halogens is 3. The second kappa shape index (κ2) is 4.68. The molecule has 0 fully saturated rings. The molecule has 0 N–H and O–H groups in total. The van der Waals surface area contributed by atoms with Gasteiger partial charge in [0.15, 0.2) is 5.69 Å². The Morgan fingerprint density at radius 3 is 2.33 bits per heavy atom. The van der Waals surface area contributed by atoms with Crippen LogP contribution in [0.3, 0.4) is 0 Å². The van der Waals surface area contributed by atoms with Gasteiger partial charge in [-0.15, -0.1) is 0 Å². The molecule has 0 saturated carbocycles. The van der Waals surface area contributed by atoms with Gasteiger partial charge in [-0.3, -0.25) is 0 Å². The average molecular weight is 272 g/mol. The number of benzene rings is 1. The first kappa shape index (κ1) is 13.0. The highest BCUT2D eigenvalue weighted by Crippen LogP contribution is 2.34. The zero-order chi connectivity index (χ0) is 13.3. The van der Waals surface area contributed by atoms with Gasteiger partial charge >= 0.3 is 6.18 Å². The summed E-state index contributed by atoms with van der Waals surface area (Å²) in [5, 5.41) is 3.80. The first-order chi connectivity index (χ1) is 8.43. The SMILES string of the molecule is Cc1ccc(-n2ncc(CS)c2C(F)(F)F)cc1. The summed E-state index contributed by atoms with van der Waals surface area (Å²) in [5.74, 6) is 0.000699. The quantitative estimate of drug-likeness (QED) is 0.826. The van der Waals surface area contributed by atoms with Crippen LogP contribution < -0.4 is 0 Å². The van der Waals surface area contributed by atoms with Gasteiger partial charge in [0.25, 0.3) is 0 Å². The van der Waals surface area contributed by atoms with Crippen LogP contribution in [0.25, 0.3) is 5.69 Å². The lowest BCUT2D eigenvalue weighted by Crippen LogP contribution is -2.15. The molecular weight excluding hydrogens is 261 g/mol. The highest BCUT2D eigenvalue weighted by molar-refractivity contribution is 7.79. The molecule has 96 valence electrons. The van der Waals surface area contributed by atoms with E-state index in [-0.39, 0.29) is 11.3 Å². The highest BCUT2D eigenvalue weighted by Gasteiger charge is 2.38. The largest absolute Gasteiger partial charge is 0.433 e. The van der Waals surface area contributed by atoms with Crippen molar-refractivity contribution in [2.75, 3.05) is 0 Å². The van der Waals surface area contributed by atoms with E-state index < -0.39 is 11.9 Å². The number of hydrogen-bond donors (Lipinski definition) is 1. The minimum atomic E-state index is -4.44. The predicted molar refractivity (Wildman–Crippen MR) is 66.0 cm³/mol. The van der Waals surface area contributed by atoms with Crippen molar-refractivity contribution in [3.8, 4) is 5.69 Å². The molecule has 0 aliphatic rings. The lowest BCUT2D eigenvalue weighted by Gasteiger charge is -2.12. The van der Waals surface area contributed by atoms with Gasteiger partial charge < -0.3 is 0 Å². The minimum Gasteiger partial charge on any atom is -0.228 e. The van der Waals surface area contributed by atoms with Crippen molar-refractivity contribution in [3.63, 3.8) is 0 Å². The van der Waals surface area contributed by atoms with Gasteiger partial charge in [0.05, 0.1) is 11.9 Å². The van der Waals surface area contributed by atoms with E-state index in [9.17, 15) is 13.2 Å². The van der Waals surface area contributed by atoms with Crippen molar-refractivity contribution in [1.29, 1.82) is 0 Å². The molecule has 0 bridgehead atoms. The Morgan fingerprint density at radius 1 is 1.22 bits per heavy atom. The third-order valence-corrected chi connectivity index (χ3v) is 2.90. The molecule has 1 aromatic heterocycles. The molecular formula is C12H11F3N2S. The summed E-state index contributed by atoms with van der Waals surface area (Å²) in [6, 6.07) is 6.72. The number of alkyl halides is 3. The van der Waals surface area contributed by atoms with Gasteiger partial charge in [-0.1, -0.05) is 17.7 Å². The van der Waals surface area contributed by atoms with Crippen LogP contribution in [0.15, 0.2) is 30.5 Å². The van der Waals surface area contributed by atoms with Gasteiger partial charge in [-0.25, -0.2) is 4.68 Å². The van der Waals surface area contributed by atoms with Crippen molar-refractivity contribution < 1.29 is 13.2 Å². The Labute approximate surface area is 108 Å². The molecule has 0 aliphatic carbocycles. The van der Waals surface area contributed by atoms with Gasteiger partial charge in [-0.2, -0.15) is 30.9 Å². The predicted octanol–water partition coefficient (Wildman–Crippen LogP) is 3.63. The van der Waals surface area contributed by atoms with Crippen LogP contribution >= 0.6 is 12.6 Å². The first-order valence-corrected chi connectivity index (χ1v) is 5.88. The maximum atomic E-state index is 13.0. The van der Waals surface area contributed by atoms with Crippen molar-refractivity contribution in [2.45, 2.75) is 18.9 Å². The molecule has 0 radical (unpaired) electrons. The van der Waals surface area contributed by atoms with E-state index in [0.29, 0.717) is 5.69 Å². The molecule has 0 unspecified atom stereocenters. The van der Waals surface area contributed by atoms with Crippen molar-refractivity contribution in [2.24, 2.45) is 0 Å². The standard InChI is InChI=1S/C12H11F3N2S/c1-8-2-4-10(5-3-8)17-11(12(13,14)15)9(7-18)6-16-17/h2-6,18H,7H2,1H3. The van der Waals surface area contributed by atoms with Gasteiger partial charge in [0.2, 0.25) is 0 Å². The van der Waals surface area contributed by atoms with E-state index in [1.165, 1.54) is 6.20 Å². The molecule has 1 aromatic carbocycles. The Bertz CT molecular complexity index is 543. The molecule has 0 spiro atoms. The van der Waals surface area contributed by atoms with Crippen LogP contribution in [0, 0.1) is 6.92 Å². The zero-order valence-corrected chi connectivity index (χ0v) is 10.5. The second-order valence-electron chi connectivity index (χ2n) is 3.92. The summed E-state index contributed by atoms with van der Waals surface area (Å²) in [6.45, 7) is 1.87. The van der Waals surface area contributed by atoms with E-state index >= 15 is 0 Å². The lowest BCUT2D eigenvalue weighted by atomic mass is 10.2. The number of aryl methyl sites for hydroxylation is 1. The number of hydrogen-bond acceptors (Lipinski definition) is 2. The van der Waals surface area contributed by atoms with Crippen LogP contribution in [-0.2, 0) is 11.9 Å². The molecule has 18 heavy (non-hydrogen) atoms. The van der Waals surface area contributed by atoms with Gasteiger partial charge in [0.1, 0.15) is 0 Å². The summed E-state index contributed by atoms with van der Waals surface area (Å²) in [7, 11) is 0. The van der Waals surface area contributed by atoms with Crippen LogP contribution in [0.1, 0.15) is 16.8 Å². The Kier molecular flexibility index (Phi) is 3.38. The third kappa shape index (κ3) is 2.38. The van der Waals surface area contributed by atoms with Crippen LogP contribution in [0.4, 0.5) is 13.2 Å². The smallest absolute Gasteiger partial charge is 0.228 e. The maximum Gasteiger partial charge on any atom is 0.433 e. The number of aromatic nitrogens is 2. The number of rotatable bonds is 2. The molecule has 0 saturated heterocycles. The summed E-state index contributed by atoms with van der Waals surface area (Å²) < 4.78 is 39.9. The van der Waals surface area contributed by atoms with E-state index in [1.807, 2.05) is 6.92 Å². The topological polar surface area (TPSA) is 17.8 Å². The summed E-state index contributed by atoms with van der Waals surface area (Å²) in [4.78, 5) is 0. The Balaban J connectivity index is 2.58. The fourth-order valence-electron chi connectivity index (χ4n) is 1.68.